The van der Waals surface area contributed by atoms with Crippen LogP contribution in [0, 0.1) is 11.3 Å². The van der Waals surface area contributed by atoms with Crippen molar-refractivity contribution in [2.24, 2.45) is 10.9 Å². The minimum atomic E-state index is 0.269. The molecule has 3 nitrogen and oxygen atoms in total. The van der Waals surface area contributed by atoms with Crippen molar-refractivity contribution in [3.63, 3.8) is 0 Å². The summed E-state index contributed by atoms with van der Waals surface area (Å²) in [6.45, 7) is 5.84. The molecule has 1 aliphatic rings. The van der Waals surface area contributed by atoms with Gasteiger partial charge in [0.1, 0.15) is 0 Å². The normalized spacial score (nSPS) is 17.2. The summed E-state index contributed by atoms with van der Waals surface area (Å²) >= 11 is 5.84. The molecule has 0 spiro atoms. The molecule has 0 saturated carbocycles. The Labute approximate surface area is 118 Å². The van der Waals surface area contributed by atoms with Crippen LogP contribution >= 0.6 is 11.6 Å². The second-order valence-corrected chi connectivity index (χ2v) is 5.06. The lowest BCUT2D eigenvalue weighted by Gasteiger charge is -2.22. The molecule has 1 fully saturated rings. The number of benzene rings is 1. The molecule has 0 bridgehead atoms. The number of halogens is 1. The van der Waals surface area contributed by atoms with E-state index in [4.69, 9.17) is 17.0 Å². The molecule has 0 unspecified atom stereocenters. The van der Waals surface area contributed by atoms with E-state index in [1.54, 1.807) is 18.2 Å². The second-order valence-electron chi connectivity index (χ2n) is 4.62. The summed E-state index contributed by atoms with van der Waals surface area (Å²) in [6, 6.07) is 7.19. The van der Waals surface area contributed by atoms with Crippen LogP contribution in [0.4, 0.5) is 0 Å². The Hall–Kier alpha value is -1.45. The molecular weight excluding hydrogens is 258 g/mol. The summed E-state index contributed by atoms with van der Waals surface area (Å²) in [7, 11) is 0. The Morgan fingerprint density at radius 1 is 1.32 bits per heavy atom. The predicted molar refractivity (Wildman–Crippen MR) is 81.5 cm³/mol. The fourth-order valence-corrected chi connectivity index (χ4v) is 2.35. The first-order chi connectivity index (χ1) is 9.20. The SMILES string of the molecule is C=CC(=NC(=N)c1ccc(Cl)cc1)C1CCNCC1. The van der Waals surface area contributed by atoms with Gasteiger partial charge in [0.05, 0.1) is 0 Å². The van der Waals surface area contributed by atoms with Gasteiger partial charge in [0.25, 0.3) is 0 Å². The zero-order chi connectivity index (χ0) is 13.7. The molecule has 0 radical (unpaired) electrons. The van der Waals surface area contributed by atoms with E-state index in [1.807, 2.05) is 12.1 Å². The minimum absolute atomic E-state index is 0.269. The molecule has 0 aliphatic carbocycles. The van der Waals surface area contributed by atoms with Crippen molar-refractivity contribution in [3.8, 4) is 0 Å². The van der Waals surface area contributed by atoms with Gasteiger partial charge in [-0.25, -0.2) is 4.99 Å². The standard InChI is InChI=1S/C15H18ClN3/c1-2-14(11-7-9-18-10-8-11)19-15(17)12-3-5-13(16)6-4-12/h2-6,11,17-18H,1,7-10H2. The third-order valence-corrected chi connectivity index (χ3v) is 3.58. The summed E-state index contributed by atoms with van der Waals surface area (Å²) in [5.74, 6) is 0.677. The number of piperidine rings is 1. The Morgan fingerprint density at radius 2 is 1.95 bits per heavy atom. The lowest BCUT2D eigenvalue weighted by molar-refractivity contribution is 0.458. The molecule has 1 aromatic rings. The van der Waals surface area contributed by atoms with Gasteiger partial charge in [0, 0.05) is 22.2 Å². The molecule has 1 saturated heterocycles. The van der Waals surface area contributed by atoms with E-state index >= 15 is 0 Å². The van der Waals surface area contributed by atoms with Crippen LogP contribution in [-0.4, -0.2) is 24.6 Å². The molecule has 0 amide bonds. The molecule has 0 aromatic heterocycles. The van der Waals surface area contributed by atoms with Gasteiger partial charge in [-0.2, -0.15) is 0 Å². The third kappa shape index (κ3) is 3.75. The molecular formula is C15H18ClN3. The number of hydrogen-bond donors (Lipinski definition) is 2. The quantitative estimate of drug-likeness (QED) is 0.645. The fourth-order valence-electron chi connectivity index (χ4n) is 2.22. The zero-order valence-corrected chi connectivity index (χ0v) is 11.6. The molecule has 4 heteroatoms. The highest BCUT2D eigenvalue weighted by atomic mass is 35.5. The second kappa shape index (κ2) is 6.64. The van der Waals surface area contributed by atoms with E-state index in [2.05, 4.69) is 16.9 Å². The van der Waals surface area contributed by atoms with Crippen LogP contribution in [0.25, 0.3) is 0 Å². The monoisotopic (exact) mass is 275 g/mol. The first-order valence-corrected chi connectivity index (χ1v) is 6.84. The van der Waals surface area contributed by atoms with Gasteiger partial charge in [0.2, 0.25) is 0 Å². The van der Waals surface area contributed by atoms with Crippen molar-refractivity contribution in [1.29, 1.82) is 5.41 Å². The van der Waals surface area contributed by atoms with Crippen molar-refractivity contribution < 1.29 is 0 Å². The lowest BCUT2D eigenvalue weighted by Crippen LogP contribution is -2.31. The smallest absolute Gasteiger partial charge is 0.152 e. The highest BCUT2D eigenvalue weighted by molar-refractivity contribution is 6.30. The van der Waals surface area contributed by atoms with Crippen molar-refractivity contribution in [2.75, 3.05) is 13.1 Å². The first kappa shape index (κ1) is 14.0. The number of nitrogens with zero attached hydrogens (tertiary/aromatic N) is 1. The molecule has 2 N–H and O–H groups in total. The van der Waals surface area contributed by atoms with Crippen LogP contribution < -0.4 is 5.32 Å². The van der Waals surface area contributed by atoms with E-state index in [-0.39, 0.29) is 5.84 Å². The average Bonchev–Trinajstić information content (AvgIpc) is 2.46. The van der Waals surface area contributed by atoms with Crippen molar-refractivity contribution in [2.45, 2.75) is 12.8 Å². The van der Waals surface area contributed by atoms with Crippen LogP contribution in [0.2, 0.25) is 5.02 Å². The first-order valence-electron chi connectivity index (χ1n) is 6.47. The van der Waals surface area contributed by atoms with Gasteiger partial charge >= 0.3 is 0 Å². The lowest BCUT2D eigenvalue weighted by atomic mass is 9.92. The number of amidine groups is 1. The third-order valence-electron chi connectivity index (χ3n) is 3.33. The van der Waals surface area contributed by atoms with Crippen molar-refractivity contribution in [3.05, 3.63) is 47.5 Å². The van der Waals surface area contributed by atoms with Gasteiger partial charge in [-0.1, -0.05) is 18.2 Å². The van der Waals surface area contributed by atoms with E-state index in [1.165, 1.54) is 0 Å². The topological polar surface area (TPSA) is 48.2 Å². The van der Waals surface area contributed by atoms with Crippen LogP contribution in [0.15, 0.2) is 41.9 Å². The number of hydrogen-bond acceptors (Lipinski definition) is 2. The zero-order valence-electron chi connectivity index (χ0n) is 10.8. The van der Waals surface area contributed by atoms with Gasteiger partial charge in [-0.15, -0.1) is 0 Å². The molecule has 1 aliphatic heterocycles. The largest absolute Gasteiger partial charge is 0.317 e. The maximum absolute atomic E-state index is 8.06. The fraction of sp³-hybridized carbons (Fsp3) is 0.333. The Kier molecular flexibility index (Phi) is 4.88. The van der Waals surface area contributed by atoms with Crippen LogP contribution in [0.3, 0.4) is 0 Å². The van der Waals surface area contributed by atoms with Crippen LogP contribution in [0.5, 0.6) is 0 Å². The van der Waals surface area contributed by atoms with Gasteiger partial charge in [-0.05, 0) is 56.3 Å². The number of allylic oxidation sites excluding steroid dienone is 1. The molecule has 1 aromatic carbocycles. The van der Waals surface area contributed by atoms with E-state index in [9.17, 15) is 0 Å². The maximum Gasteiger partial charge on any atom is 0.152 e. The maximum atomic E-state index is 8.06. The van der Waals surface area contributed by atoms with Crippen molar-refractivity contribution >= 4 is 23.1 Å². The van der Waals surface area contributed by atoms with E-state index < -0.39 is 0 Å². The molecule has 19 heavy (non-hydrogen) atoms. The van der Waals surface area contributed by atoms with E-state index in [0.717, 1.165) is 37.2 Å². The summed E-state index contributed by atoms with van der Waals surface area (Å²) < 4.78 is 0. The highest BCUT2D eigenvalue weighted by Gasteiger charge is 2.17. The summed E-state index contributed by atoms with van der Waals surface area (Å²) in [5, 5.41) is 12.1. The Balaban J connectivity index is 2.14. The summed E-state index contributed by atoms with van der Waals surface area (Å²) in [6.07, 6.45) is 3.89. The molecule has 2 rings (SSSR count). The molecule has 1 heterocycles. The Morgan fingerprint density at radius 3 is 2.53 bits per heavy atom. The van der Waals surface area contributed by atoms with Crippen molar-refractivity contribution in [1.82, 2.24) is 5.32 Å². The summed E-state index contributed by atoms with van der Waals surface area (Å²) in [4.78, 5) is 4.43. The number of nitrogens with one attached hydrogen (secondary N) is 2. The van der Waals surface area contributed by atoms with Crippen LogP contribution in [0.1, 0.15) is 18.4 Å². The summed E-state index contributed by atoms with van der Waals surface area (Å²) in [5.41, 5.74) is 1.69. The van der Waals surface area contributed by atoms with E-state index in [0.29, 0.717) is 10.9 Å². The molecule has 100 valence electrons. The van der Waals surface area contributed by atoms with Gasteiger partial charge in [-0.3, -0.25) is 5.41 Å². The predicted octanol–water partition coefficient (Wildman–Crippen LogP) is 3.29. The number of aliphatic imine (C=N–C) groups is 1. The molecule has 0 atom stereocenters. The minimum Gasteiger partial charge on any atom is -0.317 e. The van der Waals surface area contributed by atoms with Gasteiger partial charge < -0.3 is 5.32 Å². The Bertz CT molecular complexity index is 485. The average molecular weight is 276 g/mol. The van der Waals surface area contributed by atoms with Crippen LogP contribution in [-0.2, 0) is 0 Å². The van der Waals surface area contributed by atoms with Gasteiger partial charge in [0.15, 0.2) is 5.84 Å². The highest BCUT2D eigenvalue weighted by Crippen LogP contribution is 2.16. The number of rotatable bonds is 3.